The highest BCUT2D eigenvalue weighted by Crippen LogP contribution is 2.32. The predicted octanol–water partition coefficient (Wildman–Crippen LogP) is 3.38. The van der Waals surface area contributed by atoms with Crippen LogP contribution in [-0.2, 0) is 16.0 Å². The molecular formula is C20H20ClNO5. The first-order valence-electron chi connectivity index (χ1n) is 8.64. The summed E-state index contributed by atoms with van der Waals surface area (Å²) in [5.74, 6) is -0.0873. The molecule has 0 spiro atoms. The molecule has 2 aromatic rings. The SMILES string of the molecule is O=C(O)CC(CC(=O)NCCc1ccc2c(c1)OCO2)c1ccc(Cl)cc1. The van der Waals surface area contributed by atoms with Gasteiger partial charge < -0.3 is 19.9 Å². The van der Waals surface area contributed by atoms with Crippen LogP contribution in [-0.4, -0.2) is 30.3 Å². The maximum absolute atomic E-state index is 12.3. The maximum atomic E-state index is 12.3. The van der Waals surface area contributed by atoms with Crippen molar-refractivity contribution in [2.45, 2.75) is 25.2 Å². The smallest absolute Gasteiger partial charge is 0.303 e. The Morgan fingerprint density at radius 3 is 2.56 bits per heavy atom. The van der Waals surface area contributed by atoms with Crippen LogP contribution in [0.15, 0.2) is 42.5 Å². The van der Waals surface area contributed by atoms with Gasteiger partial charge in [-0.15, -0.1) is 0 Å². The molecule has 27 heavy (non-hydrogen) atoms. The summed E-state index contributed by atoms with van der Waals surface area (Å²) in [6, 6.07) is 12.6. The highest BCUT2D eigenvalue weighted by Gasteiger charge is 2.19. The fourth-order valence-corrected chi connectivity index (χ4v) is 3.12. The molecule has 0 fully saturated rings. The monoisotopic (exact) mass is 389 g/mol. The Balaban J connectivity index is 1.53. The van der Waals surface area contributed by atoms with Crippen LogP contribution in [0, 0.1) is 0 Å². The molecule has 2 N–H and O–H groups in total. The molecule has 0 radical (unpaired) electrons. The Morgan fingerprint density at radius 2 is 1.81 bits per heavy atom. The van der Waals surface area contributed by atoms with Gasteiger partial charge >= 0.3 is 5.97 Å². The lowest BCUT2D eigenvalue weighted by Gasteiger charge is -2.15. The topological polar surface area (TPSA) is 84.9 Å². The predicted molar refractivity (Wildman–Crippen MR) is 100 cm³/mol. The Kier molecular flexibility index (Phi) is 6.19. The molecule has 1 unspecified atom stereocenters. The first-order valence-corrected chi connectivity index (χ1v) is 9.01. The van der Waals surface area contributed by atoms with Crippen LogP contribution in [0.25, 0.3) is 0 Å². The molecule has 1 aliphatic heterocycles. The number of carboxylic acid groups (broad SMARTS) is 1. The van der Waals surface area contributed by atoms with E-state index in [2.05, 4.69) is 5.32 Å². The van der Waals surface area contributed by atoms with E-state index in [1.54, 1.807) is 24.3 Å². The van der Waals surface area contributed by atoms with Crippen molar-refractivity contribution in [2.75, 3.05) is 13.3 Å². The van der Waals surface area contributed by atoms with Gasteiger partial charge in [0.1, 0.15) is 0 Å². The van der Waals surface area contributed by atoms with Gasteiger partial charge in [0.2, 0.25) is 12.7 Å². The van der Waals surface area contributed by atoms with Crippen LogP contribution in [0.2, 0.25) is 5.02 Å². The van der Waals surface area contributed by atoms with Crippen molar-refractivity contribution in [3.05, 3.63) is 58.6 Å². The Hall–Kier alpha value is -2.73. The van der Waals surface area contributed by atoms with E-state index in [0.717, 1.165) is 16.9 Å². The zero-order valence-electron chi connectivity index (χ0n) is 14.6. The normalized spacial score (nSPS) is 13.2. The van der Waals surface area contributed by atoms with E-state index >= 15 is 0 Å². The molecule has 0 saturated heterocycles. The number of nitrogens with one attached hydrogen (secondary N) is 1. The molecule has 142 valence electrons. The third kappa shape index (κ3) is 5.37. The number of rotatable bonds is 8. The van der Waals surface area contributed by atoms with Crippen LogP contribution in [0.5, 0.6) is 11.5 Å². The average Bonchev–Trinajstić information content (AvgIpc) is 3.09. The number of hydrogen-bond acceptors (Lipinski definition) is 4. The van der Waals surface area contributed by atoms with Crippen molar-refractivity contribution in [3.8, 4) is 11.5 Å². The molecule has 0 aromatic heterocycles. The van der Waals surface area contributed by atoms with Crippen LogP contribution < -0.4 is 14.8 Å². The molecule has 1 atom stereocenters. The van der Waals surface area contributed by atoms with Crippen molar-refractivity contribution in [3.63, 3.8) is 0 Å². The van der Waals surface area contributed by atoms with E-state index in [-0.39, 0.29) is 25.5 Å². The summed E-state index contributed by atoms with van der Waals surface area (Å²) in [7, 11) is 0. The fourth-order valence-electron chi connectivity index (χ4n) is 2.99. The number of fused-ring (bicyclic) bond motifs is 1. The van der Waals surface area contributed by atoms with E-state index in [9.17, 15) is 9.59 Å². The minimum absolute atomic E-state index is 0.106. The Labute approximate surface area is 162 Å². The second-order valence-electron chi connectivity index (χ2n) is 6.34. The van der Waals surface area contributed by atoms with Crippen LogP contribution in [0.1, 0.15) is 29.9 Å². The number of amides is 1. The zero-order chi connectivity index (χ0) is 19.2. The van der Waals surface area contributed by atoms with Gasteiger partial charge in [-0.25, -0.2) is 0 Å². The number of carboxylic acids is 1. The van der Waals surface area contributed by atoms with Gasteiger partial charge in [0.15, 0.2) is 11.5 Å². The Morgan fingerprint density at radius 1 is 1.07 bits per heavy atom. The van der Waals surface area contributed by atoms with Crippen molar-refractivity contribution < 1.29 is 24.2 Å². The number of hydrogen-bond donors (Lipinski definition) is 2. The Bertz CT molecular complexity index is 822. The van der Waals surface area contributed by atoms with E-state index in [1.807, 2.05) is 18.2 Å². The second kappa shape index (κ2) is 8.77. The molecule has 0 bridgehead atoms. The minimum Gasteiger partial charge on any atom is -0.481 e. The van der Waals surface area contributed by atoms with E-state index in [0.29, 0.717) is 23.7 Å². The van der Waals surface area contributed by atoms with Gasteiger partial charge in [-0.05, 0) is 41.8 Å². The van der Waals surface area contributed by atoms with Crippen LogP contribution in [0.4, 0.5) is 0 Å². The van der Waals surface area contributed by atoms with E-state index < -0.39 is 11.9 Å². The fraction of sp³-hybridized carbons (Fsp3) is 0.300. The van der Waals surface area contributed by atoms with Gasteiger partial charge in [-0.3, -0.25) is 9.59 Å². The summed E-state index contributed by atoms with van der Waals surface area (Å²) in [6.45, 7) is 0.685. The number of carbonyl (C=O) groups excluding carboxylic acids is 1. The second-order valence-corrected chi connectivity index (χ2v) is 6.77. The first-order chi connectivity index (χ1) is 13.0. The van der Waals surface area contributed by atoms with Crippen molar-refractivity contribution in [2.24, 2.45) is 0 Å². The quantitative estimate of drug-likeness (QED) is 0.723. The minimum atomic E-state index is -0.942. The summed E-state index contributed by atoms with van der Waals surface area (Å²) in [4.78, 5) is 23.4. The van der Waals surface area contributed by atoms with Crippen LogP contribution in [0.3, 0.4) is 0 Å². The lowest BCUT2D eigenvalue weighted by atomic mass is 9.92. The molecule has 6 nitrogen and oxygen atoms in total. The molecule has 7 heteroatoms. The van der Waals surface area contributed by atoms with Crippen LogP contribution >= 0.6 is 11.6 Å². The summed E-state index contributed by atoms with van der Waals surface area (Å²) in [5.41, 5.74) is 1.81. The standard InChI is InChI=1S/C20H20ClNO5/c21-16-4-2-14(3-5-16)15(11-20(24)25)10-19(23)22-8-7-13-1-6-17-18(9-13)27-12-26-17/h1-6,9,15H,7-8,10-12H2,(H,22,23)(H,24,25). The molecule has 1 heterocycles. The highest BCUT2D eigenvalue weighted by molar-refractivity contribution is 6.30. The molecule has 2 aromatic carbocycles. The third-order valence-electron chi connectivity index (χ3n) is 4.37. The summed E-state index contributed by atoms with van der Waals surface area (Å²) in [5, 5.41) is 12.6. The van der Waals surface area contributed by atoms with Crippen molar-refractivity contribution in [1.82, 2.24) is 5.32 Å². The molecule has 0 aliphatic carbocycles. The number of halogens is 1. The molecule has 1 aliphatic rings. The van der Waals surface area contributed by atoms with Gasteiger partial charge in [0.05, 0.1) is 6.42 Å². The first kappa shape index (κ1) is 19.0. The molecule has 1 amide bonds. The van der Waals surface area contributed by atoms with Gasteiger partial charge in [0, 0.05) is 23.9 Å². The number of aliphatic carboxylic acids is 1. The molecular weight excluding hydrogens is 370 g/mol. The van der Waals surface area contributed by atoms with Crippen molar-refractivity contribution in [1.29, 1.82) is 0 Å². The summed E-state index contributed by atoms with van der Waals surface area (Å²) in [6.07, 6.45) is 0.638. The number of ether oxygens (including phenoxy) is 2. The lowest BCUT2D eigenvalue weighted by Crippen LogP contribution is -2.27. The zero-order valence-corrected chi connectivity index (χ0v) is 15.4. The molecule has 0 saturated carbocycles. The average molecular weight is 390 g/mol. The van der Waals surface area contributed by atoms with Gasteiger partial charge in [-0.2, -0.15) is 0 Å². The van der Waals surface area contributed by atoms with Gasteiger partial charge in [-0.1, -0.05) is 29.8 Å². The van der Waals surface area contributed by atoms with E-state index in [1.165, 1.54) is 0 Å². The summed E-state index contributed by atoms with van der Waals surface area (Å²) < 4.78 is 10.6. The van der Waals surface area contributed by atoms with Crippen molar-refractivity contribution >= 4 is 23.5 Å². The van der Waals surface area contributed by atoms with Gasteiger partial charge in [0.25, 0.3) is 0 Å². The van der Waals surface area contributed by atoms with E-state index in [4.69, 9.17) is 26.2 Å². The molecule has 3 rings (SSSR count). The maximum Gasteiger partial charge on any atom is 0.303 e. The summed E-state index contributed by atoms with van der Waals surface area (Å²) >= 11 is 5.88. The number of benzene rings is 2. The highest BCUT2D eigenvalue weighted by atomic mass is 35.5. The third-order valence-corrected chi connectivity index (χ3v) is 4.62. The largest absolute Gasteiger partial charge is 0.481 e. The number of carbonyl (C=O) groups is 2. The lowest BCUT2D eigenvalue weighted by molar-refractivity contribution is -0.137.